The number of nitriles is 1. The highest BCUT2D eigenvalue weighted by Crippen LogP contribution is 2.45. The molecule has 0 bridgehead atoms. The summed E-state index contributed by atoms with van der Waals surface area (Å²) in [7, 11) is 0. The Morgan fingerprint density at radius 1 is 1.44 bits per heavy atom. The van der Waals surface area contributed by atoms with E-state index in [0.29, 0.717) is 12.4 Å². The molecule has 0 radical (unpaired) electrons. The Bertz CT molecular complexity index is 480. The molecule has 0 saturated heterocycles. The van der Waals surface area contributed by atoms with Gasteiger partial charge in [0.05, 0.1) is 18.0 Å². The van der Waals surface area contributed by atoms with Crippen molar-refractivity contribution in [2.24, 2.45) is 5.41 Å². The SMILES string of the molecule is CC1(C)CCC[C@@]1(O)CNc1cncc(C#N)n1. The number of aliphatic hydroxyl groups is 1. The van der Waals surface area contributed by atoms with Gasteiger partial charge in [0.1, 0.15) is 11.9 Å². The average Bonchev–Trinajstić information content (AvgIpc) is 2.62. The van der Waals surface area contributed by atoms with Crippen LogP contribution in [0.4, 0.5) is 5.82 Å². The van der Waals surface area contributed by atoms with Gasteiger partial charge in [0.25, 0.3) is 0 Å². The maximum absolute atomic E-state index is 10.6. The molecule has 0 amide bonds. The summed E-state index contributed by atoms with van der Waals surface area (Å²) in [5, 5.41) is 22.5. The highest BCUT2D eigenvalue weighted by atomic mass is 16.3. The van der Waals surface area contributed by atoms with E-state index in [4.69, 9.17) is 5.26 Å². The lowest BCUT2D eigenvalue weighted by Crippen LogP contribution is -2.45. The van der Waals surface area contributed by atoms with Crippen LogP contribution in [0.15, 0.2) is 12.4 Å². The summed E-state index contributed by atoms with van der Waals surface area (Å²) >= 11 is 0. The quantitative estimate of drug-likeness (QED) is 0.848. The van der Waals surface area contributed by atoms with Crippen molar-refractivity contribution in [2.45, 2.75) is 38.7 Å². The Morgan fingerprint density at radius 2 is 2.22 bits per heavy atom. The maximum Gasteiger partial charge on any atom is 0.161 e. The summed E-state index contributed by atoms with van der Waals surface area (Å²) in [5.41, 5.74) is -0.546. The van der Waals surface area contributed by atoms with E-state index in [2.05, 4.69) is 29.1 Å². The summed E-state index contributed by atoms with van der Waals surface area (Å²) in [6.07, 6.45) is 5.83. The monoisotopic (exact) mass is 246 g/mol. The van der Waals surface area contributed by atoms with Crippen LogP contribution in [0.3, 0.4) is 0 Å². The second-order valence-corrected chi connectivity index (χ2v) is 5.52. The van der Waals surface area contributed by atoms with Crippen LogP contribution >= 0.6 is 0 Å². The van der Waals surface area contributed by atoms with Gasteiger partial charge in [-0.25, -0.2) is 4.98 Å². The Kier molecular flexibility index (Phi) is 3.22. The standard InChI is InChI=1S/C13H18N4O/c1-12(2)4-3-5-13(12,18)9-16-11-8-15-7-10(6-14)17-11/h7-8,18H,3-5,9H2,1-2H3,(H,16,17)/t13-/m1/s1. The molecule has 1 heterocycles. The van der Waals surface area contributed by atoms with Gasteiger partial charge >= 0.3 is 0 Å². The summed E-state index contributed by atoms with van der Waals surface area (Å²) < 4.78 is 0. The molecule has 1 aliphatic rings. The third-order valence-electron chi connectivity index (χ3n) is 3.96. The highest BCUT2D eigenvalue weighted by molar-refractivity contribution is 5.35. The minimum absolute atomic E-state index is 0.0970. The number of hydrogen-bond donors (Lipinski definition) is 2. The molecule has 1 atom stereocenters. The van der Waals surface area contributed by atoms with E-state index in [1.807, 2.05) is 6.07 Å². The molecular formula is C13H18N4O. The van der Waals surface area contributed by atoms with Crippen molar-refractivity contribution in [1.82, 2.24) is 9.97 Å². The van der Waals surface area contributed by atoms with E-state index in [1.54, 1.807) is 6.20 Å². The number of nitrogens with one attached hydrogen (secondary N) is 1. The molecule has 5 nitrogen and oxygen atoms in total. The van der Waals surface area contributed by atoms with E-state index >= 15 is 0 Å². The molecule has 2 N–H and O–H groups in total. The fourth-order valence-electron chi connectivity index (χ4n) is 2.46. The van der Waals surface area contributed by atoms with Crippen molar-refractivity contribution >= 4 is 5.82 Å². The first-order valence-corrected chi connectivity index (χ1v) is 6.15. The van der Waals surface area contributed by atoms with E-state index in [1.165, 1.54) is 6.20 Å². The number of nitrogens with zero attached hydrogens (tertiary/aromatic N) is 3. The first-order chi connectivity index (χ1) is 8.47. The van der Waals surface area contributed by atoms with Crippen LogP contribution in [-0.2, 0) is 0 Å². The molecular weight excluding hydrogens is 228 g/mol. The van der Waals surface area contributed by atoms with Gasteiger partial charge in [-0.1, -0.05) is 13.8 Å². The smallest absolute Gasteiger partial charge is 0.161 e. The fourth-order valence-corrected chi connectivity index (χ4v) is 2.46. The van der Waals surface area contributed by atoms with Crippen molar-refractivity contribution in [3.8, 4) is 6.07 Å². The molecule has 18 heavy (non-hydrogen) atoms. The van der Waals surface area contributed by atoms with Crippen LogP contribution in [-0.4, -0.2) is 27.2 Å². The molecule has 0 aromatic carbocycles. The fraction of sp³-hybridized carbons (Fsp3) is 0.615. The van der Waals surface area contributed by atoms with Gasteiger partial charge < -0.3 is 10.4 Å². The van der Waals surface area contributed by atoms with E-state index in [0.717, 1.165) is 19.3 Å². The number of aromatic nitrogens is 2. The lowest BCUT2D eigenvalue weighted by molar-refractivity contribution is -0.0303. The Hall–Kier alpha value is -1.67. The normalized spacial score (nSPS) is 25.7. The Labute approximate surface area is 107 Å². The average molecular weight is 246 g/mol. The molecule has 2 rings (SSSR count). The minimum atomic E-state index is -0.725. The van der Waals surface area contributed by atoms with E-state index < -0.39 is 5.60 Å². The molecule has 0 aliphatic heterocycles. The maximum atomic E-state index is 10.6. The predicted octanol–water partition coefficient (Wildman–Crippen LogP) is 1.70. The molecule has 0 unspecified atom stereocenters. The molecule has 1 aliphatic carbocycles. The first-order valence-electron chi connectivity index (χ1n) is 6.15. The van der Waals surface area contributed by atoms with Crippen LogP contribution in [0, 0.1) is 16.7 Å². The molecule has 1 fully saturated rings. The van der Waals surface area contributed by atoms with Crippen LogP contribution in [0.2, 0.25) is 0 Å². The molecule has 0 spiro atoms. The lowest BCUT2D eigenvalue weighted by atomic mass is 9.78. The van der Waals surface area contributed by atoms with Crippen molar-refractivity contribution in [3.63, 3.8) is 0 Å². The van der Waals surface area contributed by atoms with Crippen molar-refractivity contribution in [2.75, 3.05) is 11.9 Å². The van der Waals surface area contributed by atoms with Crippen LogP contribution in [0.25, 0.3) is 0 Å². The zero-order valence-electron chi connectivity index (χ0n) is 10.8. The van der Waals surface area contributed by atoms with Gasteiger partial charge in [-0.05, 0) is 24.7 Å². The summed E-state index contributed by atoms with van der Waals surface area (Å²) in [6.45, 7) is 4.60. The van der Waals surface area contributed by atoms with E-state index in [-0.39, 0.29) is 11.1 Å². The zero-order chi connectivity index (χ0) is 13.2. The van der Waals surface area contributed by atoms with Crippen LogP contribution in [0.5, 0.6) is 0 Å². The van der Waals surface area contributed by atoms with Crippen molar-refractivity contribution in [1.29, 1.82) is 5.26 Å². The molecule has 5 heteroatoms. The van der Waals surface area contributed by atoms with Crippen LogP contribution in [0.1, 0.15) is 38.8 Å². The summed E-state index contributed by atoms with van der Waals surface area (Å²) in [4.78, 5) is 8.02. The van der Waals surface area contributed by atoms with E-state index in [9.17, 15) is 5.11 Å². The van der Waals surface area contributed by atoms with Gasteiger partial charge in [-0.3, -0.25) is 4.98 Å². The lowest BCUT2D eigenvalue weighted by Gasteiger charge is -2.36. The second kappa shape index (κ2) is 4.54. The third-order valence-corrected chi connectivity index (χ3v) is 3.96. The van der Waals surface area contributed by atoms with Crippen LogP contribution < -0.4 is 5.32 Å². The number of hydrogen-bond acceptors (Lipinski definition) is 5. The van der Waals surface area contributed by atoms with Gasteiger partial charge in [0.15, 0.2) is 5.69 Å². The summed E-state index contributed by atoms with van der Waals surface area (Å²) in [5.74, 6) is 0.533. The highest BCUT2D eigenvalue weighted by Gasteiger charge is 2.47. The van der Waals surface area contributed by atoms with Gasteiger partial charge in [0.2, 0.25) is 0 Å². The van der Waals surface area contributed by atoms with Gasteiger partial charge in [-0.15, -0.1) is 0 Å². The molecule has 1 aromatic heterocycles. The van der Waals surface area contributed by atoms with Gasteiger partial charge in [-0.2, -0.15) is 5.26 Å². The molecule has 1 saturated carbocycles. The molecule has 1 aromatic rings. The first kappa shape index (κ1) is 12.8. The minimum Gasteiger partial charge on any atom is -0.387 e. The zero-order valence-corrected chi connectivity index (χ0v) is 10.8. The third kappa shape index (κ3) is 2.29. The largest absolute Gasteiger partial charge is 0.387 e. The predicted molar refractivity (Wildman–Crippen MR) is 67.8 cm³/mol. The second-order valence-electron chi connectivity index (χ2n) is 5.52. The Morgan fingerprint density at radius 3 is 2.83 bits per heavy atom. The van der Waals surface area contributed by atoms with Crippen molar-refractivity contribution < 1.29 is 5.11 Å². The van der Waals surface area contributed by atoms with Crippen molar-refractivity contribution in [3.05, 3.63) is 18.1 Å². The number of anilines is 1. The topological polar surface area (TPSA) is 81.8 Å². The Balaban J connectivity index is 2.05. The molecule has 96 valence electrons. The number of rotatable bonds is 3. The van der Waals surface area contributed by atoms with Gasteiger partial charge in [0, 0.05) is 6.54 Å². The summed E-state index contributed by atoms with van der Waals surface area (Å²) in [6, 6.07) is 1.94.